The number of nitriles is 1. The lowest BCUT2D eigenvalue weighted by Gasteiger charge is -2.12. The molecule has 0 radical (unpaired) electrons. The summed E-state index contributed by atoms with van der Waals surface area (Å²) in [6, 6.07) is 12.0. The highest BCUT2D eigenvalue weighted by Gasteiger charge is 2.13. The third kappa shape index (κ3) is 5.01. The maximum Gasteiger partial charge on any atom is 0.266 e. The molecule has 2 rings (SSSR count). The maximum absolute atomic E-state index is 12.4. The van der Waals surface area contributed by atoms with Crippen LogP contribution < -0.4 is 14.8 Å². The van der Waals surface area contributed by atoms with Gasteiger partial charge in [0.15, 0.2) is 11.5 Å². The van der Waals surface area contributed by atoms with Crippen molar-refractivity contribution >= 4 is 45.2 Å². The fourth-order valence-electron chi connectivity index (χ4n) is 2.16. The molecule has 0 aliphatic rings. The van der Waals surface area contributed by atoms with Gasteiger partial charge in [-0.05, 0) is 48.9 Å². The van der Waals surface area contributed by atoms with Crippen LogP contribution in [0.15, 0.2) is 46.4 Å². The van der Waals surface area contributed by atoms with E-state index in [1.807, 2.05) is 13.0 Å². The van der Waals surface area contributed by atoms with Gasteiger partial charge in [-0.3, -0.25) is 4.79 Å². The molecule has 0 fully saturated rings. The summed E-state index contributed by atoms with van der Waals surface area (Å²) in [7, 11) is 1.52. The Balaban J connectivity index is 2.33. The van der Waals surface area contributed by atoms with Crippen LogP contribution in [0.2, 0.25) is 5.02 Å². The maximum atomic E-state index is 12.4. The average molecular weight is 436 g/mol. The van der Waals surface area contributed by atoms with Crippen molar-refractivity contribution in [3.63, 3.8) is 0 Å². The quantitative estimate of drug-likeness (QED) is 0.509. The lowest BCUT2D eigenvalue weighted by Crippen LogP contribution is -2.13. The number of halogens is 2. The second kappa shape index (κ2) is 9.27. The van der Waals surface area contributed by atoms with Crippen molar-refractivity contribution in [2.75, 3.05) is 19.0 Å². The minimum absolute atomic E-state index is 0.0584. The number of ether oxygens (including phenoxy) is 2. The Kier molecular flexibility index (Phi) is 7.07. The van der Waals surface area contributed by atoms with E-state index >= 15 is 0 Å². The predicted molar refractivity (Wildman–Crippen MR) is 106 cm³/mol. The number of benzene rings is 2. The molecule has 0 aliphatic carbocycles. The molecule has 1 amide bonds. The van der Waals surface area contributed by atoms with E-state index in [4.69, 9.17) is 21.1 Å². The fraction of sp³-hybridized carbons (Fsp3) is 0.158. The zero-order valence-electron chi connectivity index (χ0n) is 14.2. The highest BCUT2D eigenvalue weighted by atomic mass is 79.9. The standard InChI is InChI=1S/C19H16BrClN2O3/c1-3-26-18-10-16(20)12(8-17(18)25-2)7-13(11-22)19(24)23-15-6-4-5-14(21)9-15/h4-10H,3H2,1-2H3,(H,23,24)/b13-7+. The van der Waals surface area contributed by atoms with Crippen LogP contribution >= 0.6 is 27.5 Å². The molecule has 2 aromatic rings. The van der Waals surface area contributed by atoms with E-state index in [9.17, 15) is 10.1 Å². The second-order valence-corrected chi connectivity index (χ2v) is 6.38. The topological polar surface area (TPSA) is 71.3 Å². The minimum Gasteiger partial charge on any atom is -0.493 e. The summed E-state index contributed by atoms with van der Waals surface area (Å²) in [5, 5.41) is 12.5. The molecule has 134 valence electrons. The fourth-order valence-corrected chi connectivity index (χ4v) is 2.79. The normalized spacial score (nSPS) is 10.8. The number of carbonyl (C=O) groups is 1. The SMILES string of the molecule is CCOc1cc(Br)c(/C=C(\C#N)C(=O)Nc2cccc(Cl)c2)cc1OC. The van der Waals surface area contributed by atoms with E-state index in [1.165, 1.54) is 13.2 Å². The molecule has 2 aromatic carbocycles. The molecule has 0 bridgehead atoms. The van der Waals surface area contributed by atoms with E-state index in [-0.39, 0.29) is 5.57 Å². The highest BCUT2D eigenvalue weighted by Crippen LogP contribution is 2.34. The van der Waals surface area contributed by atoms with Gasteiger partial charge in [-0.1, -0.05) is 33.6 Å². The Bertz CT molecular complexity index is 891. The molecule has 0 aromatic heterocycles. The molecule has 26 heavy (non-hydrogen) atoms. The van der Waals surface area contributed by atoms with Crippen molar-refractivity contribution in [2.24, 2.45) is 0 Å². The molecule has 0 atom stereocenters. The number of methoxy groups -OCH3 is 1. The Labute approximate surface area is 165 Å². The van der Waals surface area contributed by atoms with Crippen molar-refractivity contribution in [3.05, 3.63) is 57.0 Å². The lowest BCUT2D eigenvalue weighted by molar-refractivity contribution is -0.112. The highest BCUT2D eigenvalue weighted by molar-refractivity contribution is 9.10. The summed E-state index contributed by atoms with van der Waals surface area (Å²) in [6.45, 7) is 2.36. The number of anilines is 1. The van der Waals surface area contributed by atoms with E-state index in [0.29, 0.717) is 38.9 Å². The van der Waals surface area contributed by atoms with Crippen LogP contribution in [0.4, 0.5) is 5.69 Å². The Morgan fingerprint density at radius 2 is 2.12 bits per heavy atom. The van der Waals surface area contributed by atoms with E-state index < -0.39 is 5.91 Å². The number of rotatable bonds is 6. The number of hydrogen-bond donors (Lipinski definition) is 1. The van der Waals surface area contributed by atoms with Crippen molar-refractivity contribution in [1.82, 2.24) is 0 Å². The molecule has 0 spiro atoms. The van der Waals surface area contributed by atoms with Crippen molar-refractivity contribution < 1.29 is 14.3 Å². The minimum atomic E-state index is -0.533. The van der Waals surface area contributed by atoms with Gasteiger partial charge >= 0.3 is 0 Å². The number of amides is 1. The smallest absolute Gasteiger partial charge is 0.266 e. The third-order valence-corrected chi connectivity index (χ3v) is 4.25. The van der Waals surface area contributed by atoms with Crippen molar-refractivity contribution in [1.29, 1.82) is 5.26 Å². The monoisotopic (exact) mass is 434 g/mol. The third-order valence-electron chi connectivity index (χ3n) is 3.33. The van der Waals surface area contributed by atoms with Crippen molar-refractivity contribution in [3.8, 4) is 17.6 Å². The van der Waals surface area contributed by atoms with E-state index in [1.54, 1.807) is 36.4 Å². The second-order valence-electron chi connectivity index (χ2n) is 5.09. The number of carbonyl (C=O) groups excluding carboxylic acids is 1. The number of nitrogens with zero attached hydrogens (tertiary/aromatic N) is 1. The Hall–Kier alpha value is -2.49. The van der Waals surface area contributed by atoms with Crippen LogP contribution in [0, 0.1) is 11.3 Å². The Morgan fingerprint density at radius 3 is 2.73 bits per heavy atom. The van der Waals surface area contributed by atoms with Gasteiger partial charge in [0.05, 0.1) is 13.7 Å². The van der Waals surface area contributed by atoms with Crippen molar-refractivity contribution in [2.45, 2.75) is 6.92 Å². The van der Waals surface area contributed by atoms with Gasteiger partial charge in [-0.15, -0.1) is 0 Å². The molecule has 0 saturated heterocycles. The first-order valence-corrected chi connectivity index (χ1v) is 8.84. The molecule has 0 aliphatic heterocycles. The van der Waals surface area contributed by atoms with Gasteiger partial charge in [-0.25, -0.2) is 0 Å². The van der Waals surface area contributed by atoms with Gasteiger partial charge in [0.1, 0.15) is 11.6 Å². The molecular formula is C19H16BrClN2O3. The summed E-state index contributed by atoms with van der Waals surface area (Å²) in [4.78, 5) is 12.4. The predicted octanol–water partition coefficient (Wildman–Crippen LogP) is 5.06. The van der Waals surface area contributed by atoms with Crippen LogP contribution in [0.5, 0.6) is 11.5 Å². The summed E-state index contributed by atoms with van der Waals surface area (Å²) in [6.07, 6.45) is 1.47. The molecule has 0 saturated carbocycles. The summed E-state index contributed by atoms with van der Waals surface area (Å²) in [5.41, 5.74) is 1.06. The molecular weight excluding hydrogens is 420 g/mol. The summed E-state index contributed by atoms with van der Waals surface area (Å²) >= 11 is 9.33. The first-order chi connectivity index (χ1) is 12.5. The molecule has 0 unspecified atom stereocenters. The van der Waals surface area contributed by atoms with Crippen LogP contribution in [0.1, 0.15) is 12.5 Å². The van der Waals surface area contributed by atoms with Crippen LogP contribution in [-0.2, 0) is 4.79 Å². The van der Waals surface area contributed by atoms with Crippen LogP contribution in [-0.4, -0.2) is 19.6 Å². The molecule has 1 N–H and O–H groups in total. The van der Waals surface area contributed by atoms with Gasteiger partial charge in [0.25, 0.3) is 5.91 Å². The molecule has 0 heterocycles. The van der Waals surface area contributed by atoms with Gasteiger partial charge in [-0.2, -0.15) is 5.26 Å². The van der Waals surface area contributed by atoms with Gasteiger partial charge in [0, 0.05) is 15.2 Å². The molecule has 5 nitrogen and oxygen atoms in total. The van der Waals surface area contributed by atoms with Gasteiger partial charge in [0.2, 0.25) is 0 Å². The van der Waals surface area contributed by atoms with Gasteiger partial charge < -0.3 is 14.8 Å². The van der Waals surface area contributed by atoms with Crippen LogP contribution in [0.3, 0.4) is 0 Å². The first kappa shape index (κ1) is 19.8. The zero-order valence-corrected chi connectivity index (χ0v) is 16.5. The Morgan fingerprint density at radius 1 is 1.35 bits per heavy atom. The first-order valence-electron chi connectivity index (χ1n) is 7.67. The van der Waals surface area contributed by atoms with E-state index in [0.717, 1.165) is 0 Å². The number of hydrogen-bond acceptors (Lipinski definition) is 4. The average Bonchev–Trinajstić information content (AvgIpc) is 2.61. The largest absolute Gasteiger partial charge is 0.493 e. The molecule has 7 heteroatoms. The number of nitrogens with one attached hydrogen (secondary N) is 1. The summed E-state index contributed by atoms with van der Waals surface area (Å²) < 4.78 is 11.5. The lowest BCUT2D eigenvalue weighted by atomic mass is 10.1. The van der Waals surface area contributed by atoms with Crippen LogP contribution in [0.25, 0.3) is 6.08 Å². The van der Waals surface area contributed by atoms with E-state index in [2.05, 4.69) is 21.2 Å². The summed E-state index contributed by atoms with van der Waals surface area (Å²) in [5.74, 6) is 0.546. The zero-order chi connectivity index (χ0) is 19.1.